The van der Waals surface area contributed by atoms with Crippen molar-refractivity contribution in [3.63, 3.8) is 0 Å². The van der Waals surface area contributed by atoms with E-state index in [9.17, 15) is 9.90 Å². The third-order valence-corrected chi connectivity index (χ3v) is 2.88. The number of morpholine rings is 1. The Morgan fingerprint density at radius 2 is 2.06 bits per heavy atom. The van der Waals surface area contributed by atoms with Crippen LogP contribution in [0.15, 0.2) is 18.2 Å². The van der Waals surface area contributed by atoms with Crippen LogP contribution in [-0.2, 0) is 4.74 Å². The number of benzene rings is 1. The summed E-state index contributed by atoms with van der Waals surface area (Å²) < 4.78 is 5.25. The Morgan fingerprint density at radius 3 is 2.61 bits per heavy atom. The number of rotatable bonds is 2. The molecule has 0 radical (unpaired) electrons. The highest BCUT2D eigenvalue weighted by Crippen LogP contribution is 2.26. The maximum atomic E-state index is 11.5. The van der Waals surface area contributed by atoms with Crippen molar-refractivity contribution in [1.29, 1.82) is 0 Å². The number of aromatic hydroxyl groups is 1. The molecule has 1 fully saturated rings. The Bertz CT molecular complexity index is 442. The number of carbonyl (C=O) groups excluding carboxylic acids is 1. The van der Waals surface area contributed by atoms with Gasteiger partial charge < -0.3 is 14.7 Å². The fourth-order valence-electron chi connectivity index (χ4n) is 1.89. The first-order valence-electron chi connectivity index (χ1n) is 5.72. The summed E-state index contributed by atoms with van der Waals surface area (Å²) in [5.41, 5.74) is 0.921. The van der Waals surface area contributed by atoms with Crippen LogP contribution in [0.4, 0.5) is 5.69 Å². The summed E-state index contributed by atoms with van der Waals surface area (Å²) in [5.74, 6) is -0.772. The third-order valence-electron chi connectivity index (χ3n) is 2.88. The summed E-state index contributed by atoms with van der Waals surface area (Å²) in [6.45, 7) is 2.82. The molecule has 1 amide bonds. The van der Waals surface area contributed by atoms with Gasteiger partial charge in [-0.15, -0.1) is 0 Å². The number of phenolic OH excluding ortho intramolecular Hbond substituents is 1. The zero-order valence-corrected chi connectivity index (χ0v) is 10.2. The van der Waals surface area contributed by atoms with E-state index in [2.05, 4.69) is 4.90 Å². The smallest absolute Gasteiger partial charge is 0.280 e. The van der Waals surface area contributed by atoms with Gasteiger partial charge in [0.25, 0.3) is 5.91 Å². The molecule has 98 valence electrons. The quantitative estimate of drug-likeness (QED) is 0.598. The molecular weight excluding hydrogens is 236 g/mol. The van der Waals surface area contributed by atoms with Crippen LogP contribution in [0.2, 0.25) is 0 Å². The average molecular weight is 252 g/mol. The number of carbonyl (C=O) groups is 1. The van der Waals surface area contributed by atoms with Gasteiger partial charge in [-0.25, -0.2) is 5.06 Å². The molecule has 1 aromatic carbocycles. The predicted molar refractivity (Wildman–Crippen MR) is 65.0 cm³/mol. The molecule has 1 saturated heterocycles. The maximum Gasteiger partial charge on any atom is 0.280 e. The summed E-state index contributed by atoms with van der Waals surface area (Å²) >= 11 is 0. The topological polar surface area (TPSA) is 73.2 Å². The van der Waals surface area contributed by atoms with Crippen LogP contribution in [-0.4, -0.2) is 54.6 Å². The lowest BCUT2D eigenvalue weighted by molar-refractivity contribution is -0.0376. The highest BCUT2D eigenvalue weighted by atomic mass is 16.5. The normalized spacial score (nSPS) is 15.6. The lowest BCUT2D eigenvalue weighted by Crippen LogP contribution is -2.36. The summed E-state index contributed by atoms with van der Waals surface area (Å²) in [6, 6.07) is 4.79. The lowest BCUT2D eigenvalue weighted by Gasteiger charge is -2.29. The van der Waals surface area contributed by atoms with E-state index in [-0.39, 0.29) is 11.3 Å². The van der Waals surface area contributed by atoms with Crippen molar-refractivity contribution in [2.75, 3.05) is 38.3 Å². The highest BCUT2D eigenvalue weighted by molar-refractivity contribution is 5.96. The minimum atomic E-state index is -0.638. The molecule has 0 saturated carbocycles. The molecule has 6 nitrogen and oxygen atoms in total. The largest absolute Gasteiger partial charge is 0.507 e. The summed E-state index contributed by atoms with van der Waals surface area (Å²) in [4.78, 5) is 13.6. The van der Waals surface area contributed by atoms with Crippen molar-refractivity contribution < 1.29 is 19.8 Å². The fourth-order valence-corrected chi connectivity index (χ4v) is 1.89. The average Bonchev–Trinajstić information content (AvgIpc) is 2.38. The molecule has 2 rings (SSSR count). The molecule has 1 aromatic rings. The fraction of sp³-hybridized carbons (Fsp3) is 0.417. The standard InChI is InChI=1S/C12H16N2O4/c1-13(17)12(16)10-3-2-9(8-11(10)15)14-4-6-18-7-5-14/h2-3,8,15,17H,4-7H2,1H3. The Hall–Kier alpha value is -1.79. The van der Waals surface area contributed by atoms with E-state index in [1.165, 1.54) is 19.2 Å². The van der Waals surface area contributed by atoms with E-state index in [0.717, 1.165) is 18.8 Å². The van der Waals surface area contributed by atoms with Crippen LogP contribution < -0.4 is 4.90 Å². The molecule has 0 aliphatic carbocycles. The first-order valence-corrected chi connectivity index (χ1v) is 5.72. The second-order valence-corrected chi connectivity index (χ2v) is 4.13. The molecule has 0 unspecified atom stereocenters. The maximum absolute atomic E-state index is 11.5. The number of nitrogens with zero attached hydrogens (tertiary/aromatic N) is 2. The molecular formula is C12H16N2O4. The zero-order chi connectivity index (χ0) is 13.1. The van der Waals surface area contributed by atoms with Crippen LogP contribution in [0.3, 0.4) is 0 Å². The van der Waals surface area contributed by atoms with Gasteiger partial charge in [0, 0.05) is 31.9 Å². The van der Waals surface area contributed by atoms with Gasteiger partial charge in [-0.3, -0.25) is 10.0 Å². The molecule has 6 heteroatoms. The third kappa shape index (κ3) is 2.55. The molecule has 1 heterocycles. The van der Waals surface area contributed by atoms with Crippen LogP contribution in [0.25, 0.3) is 0 Å². The van der Waals surface area contributed by atoms with Crippen molar-refractivity contribution in [3.8, 4) is 5.75 Å². The van der Waals surface area contributed by atoms with E-state index in [1.54, 1.807) is 6.07 Å². The Morgan fingerprint density at radius 1 is 1.39 bits per heavy atom. The first kappa shape index (κ1) is 12.7. The van der Waals surface area contributed by atoms with Crippen molar-refractivity contribution >= 4 is 11.6 Å². The van der Waals surface area contributed by atoms with E-state index in [1.807, 2.05) is 0 Å². The summed E-state index contributed by atoms with van der Waals surface area (Å²) in [6.07, 6.45) is 0. The molecule has 0 aromatic heterocycles. The highest BCUT2D eigenvalue weighted by Gasteiger charge is 2.17. The predicted octanol–water partition coefficient (Wildman–Crippen LogP) is 0.690. The Kier molecular flexibility index (Phi) is 3.69. The molecule has 0 atom stereocenters. The summed E-state index contributed by atoms with van der Waals surface area (Å²) in [5, 5.41) is 19.3. The minimum absolute atomic E-state index is 0.0806. The van der Waals surface area contributed by atoms with E-state index in [0.29, 0.717) is 18.3 Å². The Balaban J connectivity index is 2.21. The molecule has 1 aliphatic rings. The van der Waals surface area contributed by atoms with Crippen LogP contribution in [0.1, 0.15) is 10.4 Å². The second-order valence-electron chi connectivity index (χ2n) is 4.13. The van der Waals surface area contributed by atoms with Crippen molar-refractivity contribution in [1.82, 2.24) is 5.06 Å². The minimum Gasteiger partial charge on any atom is -0.507 e. The molecule has 18 heavy (non-hydrogen) atoms. The molecule has 0 bridgehead atoms. The van der Waals surface area contributed by atoms with Gasteiger partial charge in [-0.2, -0.15) is 0 Å². The number of phenols is 1. The van der Waals surface area contributed by atoms with Crippen molar-refractivity contribution in [3.05, 3.63) is 23.8 Å². The van der Waals surface area contributed by atoms with Crippen LogP contribution in [0, 0.1) is 0 Å². The van der Waals surface area contributed by atoms with E-state index >= 15 is 0 Å². The SMILES string of the molecule is CN(O)C(=O)c1ccc(N2CCOCC2)cc1O. The van der Waals surface area contributed by atoms with Crippen molar-refractivity contribution in [2.24, 2.45) is 0 Å². The monoisotopic (exact) mass is 252 g/mol. The molecule has 0 spiro atoms. The number of hydrogen-bond donors (Lipinski definition) is 2. The Labute approximate surface area is 105 Å². The lowest BCUT2D eigenvalue weighted by atomic mass is 10.1. The number of amides is 1. The zero-order valence-electron chi connectivity index (χ0n) is 10.2. The van der Waals surface area contributed by atoms with Gasteiger partial charge in [0.1, 0.15) is 5.75 Å². The van der Waals surface area contributed by atoms with Gasteiger partial charge in [0.05, 0.1) is 18.8 Å². The number of anilines is 1. The van der Waals surface area contributed by atoms with E-state index in [4.69, 9.17) is 9.94 Å². The second kappa shape index (κ2) is 5.24. The number of hydrogen-bond acceptors (Lipinski definition) is 5. The van der Waals surface area contributed by atoms with Gasteiger partial charge in [-0.1, -0.05) is 0 Å². The van der Waals surface area contributed by atoms with Gasteiger partial charge in [-0.05, 0) is 12.1 Å². The number of hydroxylamine groups is 2. The van der Waals surface area contributed by atoms with Gasteiger partial charge in [0.2, 0.25) is 0 Å². The molecule has 1 aliphatic heterocycles. The van der Waals surface area contributed by atoms with Gasteiger partial charge >= 0.3 is 0 Å². The number of ether oxygens (including phenoxy) is 1. The first-order chi connectivity index (χ1) is 8.59. The van der Waals surface area contributed by atoms with Gasteiger partial charge in [0.15, 0.2) is 0 Å². The van der Waals surface area contributed by atoms with Crippen LogP contribution in [0.5, 0.6) is 5.75 Å². The van der Waals surface area contributed by atoms with E-state index < -0.39 is 5.91 Å². The van der Waals surface area contributed by atoms with Crippen LogP contribution >= 0.6 is 0 Å². The van der Waals surface area contributed by atoms with Crippen molar-refractivity contribution in [2.45, 2.75) is 0 Å². The molecule has 2 N–H and O–H groups in total. The summed E-state index contributed by atoms with van der Waals surface area (Å²) in [7, 11) is 1.22.